The summed E-state index contributed by atoms with van der Waals surface area (Å²) in [5.74, 6) is 0. The van der Waals surface area contributed by atoms with Gasteiger partial charge in [-0.15, -0.1) is 0 Å². The molecule has 15 rings (SSSR count). The van der Waals surface area contributed by atoms with Crippen LogP contribution >= 0.6 is 0 Å². The molecule has 5 aliphatic rings. The van der Waals surface area contributed by atoms with Gasteiger partial charge in [-0.3, -0.25) is 15.0 Å². The lowest BCUT2D eigenvalue weighted by atomic mass is 9.89. The molecule has 0 bridgehead atoms. The molecule has 0 fully saturated rings. The van der Waals surface area contributed by atoms with E-state index in [-0.39, 0.29) is 0 Å². The van der Waals surface area contributed by atoms with Gasteiger partial charge >= 0.3 is 0 Å². The molecular formula is C80H83N3. The Morgan fingerprint density at radius 3 is 1.34 bits per heavy atom. The Morgan fingerprint density at radius 1 is 0.241 bits per heavy atom. The average molecular weight is 1090 g/mol. The van der Waals surface area contributed by atoms with E-state index in [1.165, 1.54) is 201 Å². The molecule has 10 aromatic rings. The minimum absolute atomic E-state index is 0.993. The van der Waals surface area contributed by atoms with Crippen molar-refractivity contribution in [1.29, 1.82) is 0 Å². The van der Waals surface area contributed by atoms with Crippen LogP contribution in [0.25, 0.3) is 55.6 Å². The first-order valence-corrected chi connectivity index (χ1v) is 30.1. The third kappa shape index (κ3) is 10.2. The van der Waals surface area contributed by atoms with Gasteiger partial charge in [0.1, 0.15) is 0 Å². The standard InChI is InChI=1S/C19H22.C17H18.2C15H15N.C14H13N/c1-10-7-8-16-17(11(10)2)9-18-14(5)12(3)13(4)15(6)19(16)18;1-10-5-13(4)15-9-14-7-11(2)12(3)8-16(14)17(15)6-10;1-9-7-12-8-14-13(5-4-6-16-14)15(12)11(3)10(9)2;1-9-7-14-12-5-4-6-16-15(12)8-13(14)11(3)10(9)2;1-9-6-11-8-14-12(4-3-5-15-14)13(11)7-10(9)2/h7-8H,9H2,1-6H3;5-8H,9H2,1-4H3;2*4-7H,8H2,1-3H3;3-7H,8H2,1-2H3. The molecule has 0 saturated heterocycles. The summed E-state index contributed by atoms with van der Waals surface area (Å²) in [4.78, 5) is 13.4. The Labute approximate surface area is 496 Å². The topological polar surface area (TPSA) is 38.7 Å². The number of nitrogens with zero attached hydrogens (tertiary/aromatic N) is 3. The number of pyridine rings is 3. The predicted molar refractivity (Wildman–Crippen MR) is 352 cm³/mol. The van der Waals surface area contributed by atoms with Crippen molar-refractivity contribution < 1.29 is 0 Å². The highest BCUT2D eigenvalue weighted by Gasteiger charge is 2.28. The molecule has 0 spiro atoms. The molecule has 3 heteroatoms. The lowest BCUT2D eigenvalue weighted by Crippen LogP contribution is -1.98. The minimum atomic E-state index is 0.993. The summed E-state index contributed by atoms with van der Waals surface area (Å²) in [7, 11) is 0. The van der Waals surface area contributed by atoms with Gasteiger partial charge in [-0.05, 0) is 328 Å². The van der Waals surface area contributed by atoms with Gasteiger partial charge in [0.25, 0.3) is 0 Å². The molecule has 0 aliphatic heterocycles. The van der Waals surface area contributed by atoms with Gasteiger partial charge in [-0.2, -0.15) is 0 Å². The molecule has 418 valence electrons. The summed E-state index contributed by atoms with van der Waals surface area (Å²) in [6, 6.07) is 35.8. The van der Waals surface area contributed by atoms with Gasteiger partial charge in [-0.1, -0.05) is 84.4 Å². The normalized spacial score (nSPS) is 12.5. The molecule has 0 atom stereocenters. The lowest BCUT2D eigenvalue weighted by Gasteiger charge is -2.16. The number of fused-ring (bicyclic) bond motifs is 15. The summed E-state index contributed by atoms with van der Waals surface area (Å²) >= 11 is 0. The van der Waals surface area contributed by atoms with Crippen molar-refractivity contribution in [3.63, 3.8) is 0 Å². The Hall–Kier alpha value is -8.01. The minimum Gasteiger partial charge on any atom is -0.260 e. The molecule has 3 aromatic heterocycles. The van der Waals surface area contributed by atoms with Crippen molar-refractivity contribution in [3.8, 4) is 55.6 Å². The third-order valence-electron chi connectivity index (χ3n) is 20.1. The van der Waals surface area contributed by atoms with Gasteiger partial charge in [0, 0.05) is 54.5 Å². The van der Waals surface area contributed by atoms with Crippen LogP contribution in [-0.4, -0.2) is 15.0 Å². The summed E-state index contributed by atoms with van der Waals surface area (Å²) < 4.78 is 0. The second-order valence-corrected chi connectivity index (χ2v) is 25.0. The largest absolute Gasteiger partial charge is 0.260 e. The fourth-order valence-electron chi connectivity index (χ4n) is 14.0. The highest BCUT2D eigenvalue weighted by molar-refractivity contribution is 5.85. The molecule has 3 heterocycles. The van der Waals surface area contributed by atoms with E-state index < -0.39 is 0 Å². The zero-order chi connectivity index (χ0) is 59.0. The second kappa shape index (κ2) is 22.3. The van der Waals surface area contributed by atoms with Crippen LogP contribution in [0.5, 0.6) is 0 Å². The molecular weight excluding hydrogens is 1000 g/mol. The smallest absolute Gasteiger partial charge is 0.0526 e. The molecule has 83 heavy (non-hydrogen) atoms. The number of hydrogen-bond acceptors (Lipinski definition) is 3. The monoisotopic (exact) mass is 1090 g/mol. The quantitative estimate of drug-likeness (QED) is 0.152. The number of aromatic nitrogens is 3. The number of rotatable bonds is 0. The third-order valence-corrected chi connectivity index (χ3v) is 20.1. The number of aryl methyl sites for hydroxylation is 9. The molecule has 0 radical (unpaired) electrons. The first-order chi connectivity index (χ1) is 39.6. The molecule has 3 nitrogen and oxygen atoms in total. The average Bonchev–Trinajstić information content (AvgIpc) is 2.53. The lowest BCUT2D eigenvalue weighted by molar-refractivity contribution is 1.10. The molecule has 0 saturated carbocycles. The van der Waals surface area contributed by atoms with Crippen molar-refractivity contribution in [3.05, 3.63) is 272 Å². The van der Waals surface area contributed by atoms with E-state index in [2.05, 4.69) is 218 Å². The zero-order valence-electron chi connectivity index (χ0n) is 52.8. The van der Waals surface area contributed by atoms with Crippen molar-refractivity contribution in [2.45, 2.75) is 157 Å². The Kier molecular flexibility index (Phi) is 15.3. The fraction of sp³-hybridized carbons (Fsp3) is 0.287. The van der Waals surface area contributed by atoms with E-state index in [0.717, 1.165) is 32.1 Å². The van der Waals surface area contributed by atoms with Crippen LogP contribution in [0.2, 0.25) is 0 Å². The molecule has 5 aliphatic carbocycles. The summed E-state index contributed by atoms with van der Waals surface area (Å²) in [5, 5.41) is 0. The first kappa shape index (κ1) is 56.8. The Morgan fingerprint density at radius 2 is 0.687 bits per heavy atom. The van der Waals surface area contributed by atoms with Crippen LogP contribution in [0.1, 0.15) is 156 Å². The number of hydrogen-bond donors (Lipinski definition) is 0. The molecule has 7 aromatic carbocycles. The van der Waals surface area contributed by atoms with Gasteiger partial charge in [0.05, 0.1) is 17.1 Å². The molecule has 0 N–H and O–H groups in total. The summed E-state index contributed by atoms with van der Waals surface area (Å²) in [6.07, 6.45) is 10.9. The van der Waals surface area contributed by atoms with Crippen LogP contribution in [0, 0.1) is 125 Å². The maximum atomic E-state index is 4.47. The molecule has 0 amide bonds. The SMILES string of the molecule is Cc1cc(C)c2c(c1)-c1cc(C)c(C)cc1C2.Cc1cc2c(c(C)c1C)-c1cccnc1C2.Cc1cc2c(c(C)c1C)Cc1ncccc1-2.Cc1cc2c(cc1C)-c1cccnc1C2.Cc1ccc2c(c1C)Cc1c(C)c(C)c(C)c(C)c1-2. The maximum Gasteiger partial charge on any atom is 0.0526 e. The fourth-order valence-corrected chi connectivity index (χ4v) is 14.0. The second-order valence-electron chi connectivity index (χ2n) is 25.0. The Balaban J connectivity index is 0.000000109. The van der Waals surface area contributed by atoms with Crippen LogP contribution in [-0.2, 0) is 32.1 Å². The van der Waals surface area contributed by atoms with Crippen molar-refractivity contribution in [2.24, 2.45) is 0 Å². The zero-order valence-corrected chi connectivity index (χ0v) is 52.8. The maximum absolute atomic E-state index is 4.47. The summed E-state index contributed by atoms with van der Waals surface area (Å²) in [5.41, 5.74) is 53.8. The van der Waals surface area contributed by atoms with E-state index in [1.54, 1.807) is 11.1 Å². The van der Waals surface area contributed by atoms with Crippen molar-refractivity contribution in [1.82, 2.24) is 15.0 Å². The summed E-state index contributed by atoms with van der Waals surface area (Å²) in [6.45, 7) is 40.0. The van der Waals surface area contributed by atoms with E-state index in [1.807, 2.05) is 36.8 Å². The number of benzene rings is 7. The highest BCUT2D eigenvalue weighted by atomic mass is 14.7. The van der Waals surface area contributed by atoms with E-state index in [0.29, 0.717) is 0 Å². The predicted octanol–water partition coefficient (Wildman–Crippen LogP) is 20.0. The van der Waals surface area contributed by atoms with Gasteiger partial charge in [0.2, 0.25) is 0 Å². The van der Waals surface area contributed by atoms with Crippen molar-refractivity contribution >= 4 is 0 Å². The van der Waals surface area contributed by atoms with E-state index >= 15 is 0 Å². The van der Waals surface area contributed by atoms with Crippen LogP contribution in [0.4, 0.5) is 0 Å². The van der Waals surface area contributed by atoms with Gasteiger partial charge < -0.3 is 0 Å². The van der Waals surface area contributed by atoms with Crippen molar-refractivity contribution in [2.75, 3.05) is 0 Å². The van der Waals surface area contributed by atoms with Crippen LogP contribution < -0.4 is 0 Å². The van der Waals surface area contributed by atoms with Crippen LogP contribution in [0.3, 0.4) is 0 Å². The van der Waals surface area contributed by atoms with Gasteiger partial charge in [-0.25, -0.2) is 0 Å². The van der Waals surface area contributed by atoms with E-state index in [4.69, 9.17) is 0 Å². The Bertz CT molecular complexity index is 4310. The van der Waals surface area contributed by atoms with Crippen LogP contribution in [0.15, 0.2) is 116 Å². The van der Waals surface area contributed by atoms with Gasteiger partial charge in [0.15, 0.2) is 0 Å². The first-order valence-electron chi connectivity index (χ1n) is 30.1. The van der Waals surface area contributed by atoms with E-state index in [9.17, 15) is 0 Å². The molecule has 0 unspecified atom stereocenters. The highest BCUT2D eigenvalue weighted by Crippen LogP contribution is 2.46.